The molecule has 0 saturated heterocycles. The van der Waals surface area contributed by atoms with E-state index in [1.807, 2.05) is 0 Å². The highest BCUT2D eigenvalue weighted by molar-refractivity contribution is 6.19. The average molecular weight is 446 g/mol. The number of nitrogens with one attached hydrogen (secondary N) is 1. The molecule has 0 heterocycles. The maximum Gasteiger partial charge on any atom is 0.416 e. The Labute approximate surface area is 184 Å². The van der Waals surface area contributed by atoms with Gasteiger partial charge in [-0.25, -0.2) is 0 Å². The predicted octanol–water partition coefficient (Wildman–Crippen LogP) is 4.16. The third kappa shape index (κ3) is 6.44. The number of allylic oxidation sites excluding steroid dienone is 1. The topological polar surface area (TPSA) is 100 Å². The average Bonchev–Trinajstić information content (AvgIpc) is 2.74. The van der Waals surface area contributed by atoms with Crippen molar-refractivity contribution >= 4 is 18.0 Å². The van der Waals surface area contributed by atoms with Crippen molar-refractivity contribution in [3.8, 4) is 5.75 Å². The van der Waals surface area contributed by atoms with E-state index in [0.29, 0.717) is 23.2 Å². The minimum atomic E-state index is -4.43. The Balaban J connectivity index is 2.38. The molecule has 6 nitrogen and oxygen atoms in total. The van der Waals surface area contributed by atoms with Crippen LogP contribution in [0.3, 0.4) is 0 Å². The van der Waals surface area contributed by atoms with Crippen molar-refractivity contribution in [3.05, 3.63) is 76.5 Å². The van der Waals surface area contributed by atoms with Gasteiger partial charge in [-0.15, -0.1) is 0 Å². The summed E-state index contributed by atoms with van der Waals surface area (Å²) in [7, 11) is 1.54. The van der Waals surface area contributed by atoms with Crippen molar-refractivity contribution in [1.29, 1.82) is 0 Å². The zero-order valence-corrected chi connectivity index (χ0v) is 17.9. The number of nitrogens with two attached hydrogens (primary N) is 1. The Hall–Kier alpha value is -3.62. The molecular weight excluding hydrogens is 421 g/mol. The molecule has 2 aromatic rings. The van der Waals surface area contributed by atoms with Crippen molar-refractivity contribution in [2.24, 2.45) is 15.7 Å². The molecule has 0 aliphatic carbocycles. The second-order valence-corrected chi connectivity index (χ2v) is 7.09. The van der Waals surface area contributed by atoms with E-state index in [0.717, 1.165) is 12.1 Å². The van der Waals surface area contributed by atoms with Gasteiger partial charge in [-0.1, -0.05) is 30.3 Å². The lowest BCUT2D eigenvalue weighted by Crippen LogP contribution is -2.35. The highest BCUT2D eigenvalue weighted by atomic mass is 19.4. The lowest BCUT2D eigenvalue weighted by atomic mass is 10.1. The quantitative estimate of drug-likeness (QED) is 0.268. The minimum Gasteiger partial charge on any atom is -0.508 e. The number of aliphatic imine (C=N–C) groups is 2. The largest absolute Gasteiger partial charge is 0.508 e. The Bertz CT molecular complexity index is 1040. The van der Waals surface area contributed by atoms with Crippen LogP contribution in [0, 0.1) is 0 Å². The molecule has 0 aromatic heterocycles. The van der Waals surface area contributed by atoms with Crippen LogP contribution in [-0.4, -0.2) is 30.1 Å². The van der Waals surface area contributed by atoms with E-state index in [2.05, 4.69) is 15.3 Å². The molecule has 1 atom stereocenters. The van der Waals surface area contributed by atoms with Gasteiger partial charge in [0.25, 0.3) is 0 Å². The van der Waals surface area contributed by atoms with Gasteiger partial charge in [0.1, 0.15) is 17.4 Å². The van der Waals surface area contributed by atoms with Gasteiger partial charge < -0.3 is 16.2 Å². The number of phenols is 1. The highest BCUT2D eigenvalue weighted by Crippen LogP contribution is 2.30. The summed E-state index contributed by atoms with van der Waals surface area (Å²) in [5.74, 6) is 0.627. The number of rotatable bonds is 6. The standard InChI is InChI=1S/C23H25F3N4O2/c1-14(27)19(13-31)22(30-21(28-3)12-17-6-4-5-7-20(17)32)29-15(2)16-8-10-18(11-9-16)23(24,25)26/h4-11,13,15,32H,12,27H2,1-3H3,(H,28,29,30). The molecule has 0 aliphatic rings. The summed E-state index contributed by atoms with van der Waals surface area (Å²) in [4.78, 5) is 20.3. The molecule has 0 radical (unpaired) electrons. The number of nitrogens with zero attached hydrogens (tertiary/aromatic N) is 2. The zero-order valence-electron chi connectivity index (χ0n) is 17.9. The van der Waals surface area contributed by atoms with E-state index in [9.17, 15) is 23.1 Å². The smallest absolute Gasteiger partial charge is 0.416 e. The van der Waals surface area contributed by atoms with Gasteiger partial charge in [0, 0.05) is 24.7 Å². The van der Waals surface area contributed by atoms with E-state index in [-0.39, 0.29) is 29.3 Å². The monoisotopic (exact) mass is 446 g/mol. The number of amidine groups is 2. The minimum absolute atomic E-state index is 0.0909. The van der Waals surface area contributed by atoms with Crippen LogP contribution in [0.4, 0.5) is 13.2 Å². The summed E-state index contributed by atoms with van der Waals surface area (Å²) in [6, 6.07) is 10.8. The zero-order chi connectivity index (χ0) is 23.9. The van der Waals surface area contributed by atoms with Gasteiger partial charge in [-0.05, 0) is 37.6 Å². The molecule has 0 saturated carbocycles. The van der Waals surface area contributed by atoms with E-state index in [1.54, 1.807) is 38.2 Å². The summed E-state index contributed by atoms with van der Waals surface area (Å²) in [6.45, 7) is 3.22. The Kier molecular flexibility index (Phi) is 8.17. The third-order valence-electron chi connectivity index (χ3n) is 4.72. The van der Waals surface area contributed by atoms with Gasteiger partial charge in [0.15, 0.2) is 6.29 Å². The van der Waals surface area contributed by atoms with Crippen molar-refractivity contribution in [3.63, 3.8) is 0 Å². The molecule has 9 heteroatoms. The van der Waals surface area contributed by atoms with Crippen molar-refractivity contribution < 1.29 is 23.1 Å². The normalized spacial score (nSPS) is 14.6. The number of para-hydroxylation sites is 1. The number of phenolic OH excluding ortho intramolecular Hbond substituents is 1. The summed E-state index contributed by atoms with van der Waals surface area (Å²) in [5, 5.41) is 13.0. The number of halogens is 3. The van der Waals surface area contributed by atoms with Crippen LogP contribution < -0.4 is 11.1 Å². The van der Waals surface area contributed by atoms with Gasteiger partial charge in [0.05, 0.1) is 17.2 Å². The molecule has 2 aromatic carbocycles. The molecule has 4 N–H and O–H groups in total. The molecular formula is C23H25F3N4O2. The van der Waals surface area contributed by atoms with Crippen LogP contribution in [0.5, 0.6) is 5.75 Å². The van der Waals surface area contributed by atoms with Gasteiger partial charge >= 0.3 is 6.18 Å². The van der Waals surface area contributed by atoms with Crippen LogP contribution in [0.1, 0.15) is 36.6 Å². The van der Waals surface area contributed by atoms with Gasteiger partial charge in [-0.3, -0.25) is 14.8 Å². The van der Waals surface area contributed by atoms with Crippen LogP contribution in [-0.2, 0) is 17.4 Å². The predicted molar refractivity (Wildman–Crippen MR) is 119 cm³/mol. The van der Waals surface area contributed by atoms with E-state index < -0.39 is 17.8 Å². The number of hydrogen-bond acceptors (Lipinski definition) is 5. The molecule has 0 amide bonds. The van der Waals surface area contributed by atoms with Crippen LogP contribution in [0.2, 0.25) is 0 Å². The number of carbonyl (C=O) groups excluding carboxylic acids is 1. The first-order valence-electron chi connectivity index (χ1n) is 9.73. The summed E-state index contributed by atoms with van der Waals surface area (Å²) in [5.41, 5.74) is 6.53. The van der Waals surface area contributed by atoms with Crippen LogP contribution in [0.15, 0.2) is 69.8 Å². The Morgan fingerprint density at radius 3 is 2.31 bits per heavy atom. The van der Waals surface area contributed by atoms with Crippen molar-refractivity contribution in [1.82, 2.24) is 5.32 Å². The summed E-state index contributed by atoms with van der Waals surface area (Å²) in [6.07, 6.45) is -3.65. The van der Waals surface area contributed by atoms with Crippen LogP contribution >= 0.6 is 0 Å². The first kappa shape index (κ1) is 24.6. The molecule has 1 unspecified atom stereocenters. The maximum absolute atomic E-state index is 12.8. The second-order valence-electron chi connectivity index (χ2n) is 7.09. The Morgan fingerprint density at radius 1 is 1.19 bits per heavy atom. The van der Waals surface area contributed by atoms with Crippen molar-refractivity contribution in [2.45, 2.75) is 32.5 Å². The Morgan fingerprint density at radius 2 is 1.81 bits per heavy atom. The third-order valence-corrected chi connectivity index (χ3v) is 4.72. The van der Waals surface area contributed by atoms with E-state index >= 15 is 0 Å². The maximum atomic E-state index is 12.8. The second kappa shape index (κ2) is 10.6. The number of alkyl halides is 3. The van der Waals surface area contributed by atoms with Crippen molar-refractivity contribution in [2.75, 3.05) is 7.05 Å². The molecule has 32 heavy (non-hydrogen) atoms. The SMILES string of the molecule is CN=C(Cc1ccccc1O)NC(=NC(C)c1ccc(C(F)(F)F)cc1)C(C=O)=C(C)N. The van der Waals surface area contributed by atoms with Crippen LogP contribution in [0.25, 0.3) is 0 Å². The lowest BCUT2D eigenvalue weighted by molar-refractivity contribution is -0.137. The number of aromatic hydroxyl groups is 1. The molecule has 2 rings (SSSR count). The molecule has 0 fully saturated rings. The molecule has 0 aliphatic heterocycles. The number of carbonyl (C=O) groups is 1. The van der Waals surface area contributed by atoms with Gasteiger partial charge in [0.2, 0.25) is 0 Å². The first-order chi connectivity index (χ1) is 15.1. The first-order valence-corrected chi connectivity index (χ1v) is 9.73. The fraction of sp³-hybridized carbons (Fsp3) is 0.261. The molecule has 0 bridgehead atoms. The molecule has 0 spiro atoms. The number of hydrogen-bond donors (Lipinski definition) is 3. The lowest BCUT2D eigenvalue weighted by Gasteiger charge is -2.17. The van der Waals surface area contributed by atoms with E-state index in [4.69, 9.17) is 5.73 Å². The fourth-order valence-electron chi connectivity index (χ4n) is 2.88. The number of aldehydes is 1. The summed E-state index contributed by atoms with van der Waals surface area (Å²) >= 11 is 0. The van der Waals surface area contributed by atoms with Gasteiger partial charge in [-0.2, -0.15) is 13.2 Å². The number of benzene rings is 2. The summed E-state index contributed by atoms with van der Waals surface area (Å²) < 4.78 is 38.5. The molecule has 170 valence electrons. The fourth-order valence-corrected chi connectivity index (χ4v) is 2.88. The van der Waals surface area contributed by atoms with E-state index in [1.165, 1.54) is 19.1 Å². The highest BCUT2D eigenvalue weighted by Gasteiger charge is 2.30.